The molecule has 0 radical (unpaired) electrons. The third-order valence-corrected chi connectivity index (χ3v) is 3.67. The monoisotopic (exact) mass is 350 g/mol. The van der Waals surface area contributed by atoms with E-state index in [1.54, 1.807) is 6.07 Å². The maximum absolute atomic E-state index is 11.7. The Labute approximate surface area is 120 Å². The number of hydrogen-bond donors (Lipinski definition) is 3. The van der Waals surface area contributed by atoms with E-state index in [9.17, 15) is 13.2 Å². The third-order valence-electron chi connectivity index (χ3n) is 2.14. The molecule has 1 aromatic carbocycles. The summed E-state index contributed by atoms with van der Waals surface area (Å²) in [6.45, 7) is 4.00. The minimum Gasteiger partial charge on any atom is -0.478 e. The van der Waals surface area contributed by atoms with Crippen molar-refractivity contribution in [1.29, 1.82) is 0 Å². The van der Waals surface area contributed by atoms with Gasteiger partial charge in [0.2, 0.25) is 0 Å². The quantitative estimate of drug-likeness (QED) is 0.731. The number of carboxylic acid groups (broad SMARTS) is 1. The molecule has 0 aliphatic heterocycles. The molecule has 0 aliphatic rings. The molecule has 0 aromatic heterocycles. The van der Waals surface area contributed by atoms with Crippen LogP contribution >= 0.6 is 15.9 Å². The first kappa shape index (κ1) is 15.9. The lowest BCUT2D eigenvalue weighted by Gasteiger charge is -2.12. The van der Waals surface area contributed by atoms with Crippen LogP contribution in [0, 0.1) is 5.92 Å². The van der Waals surface area contributed by atoms with Gasteiger partial charge < -0.3 is 5.11 Å². The highest BCUT2D eigenvalue weighted by Gasteiger charge is 2.16. The van der Waals surface area contributed by atoms with Gasteiger partial charge in [0.05, 0.1) is 11.3 Å². The van der Waals surface area contributed by atoms with Crippen LogP contribution in [-0.4, -0.2) is 26.0 Å². The van der Waals surface area contributed by atoms with Gasteiger partial charge in [0.1, 0.15) is 0 Å². The van der Waals surface area contributed by atoms with Gasteiger partial charge in [-0.2, -0.15) is 13.1 Å². The van der Waals surface area contributed by atoms with Gasteiger partial charge in [-0.15, -0.1) is 0 Å². The lowest BCUT2D eigenvalue weighted by atomic mass is 10.2. The van der Waals surface area contributed by atoms with Crippen molar-refractivity contribution < 1.29 is 18.3 Å². The number of carboxylic acids is 1. The topological polar surface area (TPSA) is 95.5 Å². The highest BCUT2D eigenvalue weighted by atomic mass is 79.9. The Bertz CT molecular complexity index is 572. The predicted molar refractivity (Wildman–Crippen MR) is 76.5 cm³/mol. The number of benzene rings is 1. The summed E-state index contributed by atoms with van der Waals surface area (Å²) in [5.74, 6) is -1.05. The highest BCUT2D eigenvalue weighted by molar-refractivity contribution is 9.10. The zero-order valence-corrected chi connectivity index (χ0v) is 12.9. The van der Waals surface area contributed by atoms with E-state index in [0.717, 1.165) is 0 Å². The lowest BCUT2D eigenvalue weighted by Crippen LogP contribution is -2.33. The molecule has 1 rings (SSSR count). The maximum atomic E-state index is 11.7. The van der Waals surface area contributed by atoms with Crippen LogP contribution in [-0.2, 0) is 10.2 Å². The predicted octanol–water partition coefficient (Wildman–Crippen LogP) is 2.05. The molecular formula is C11H15BrN2O4S. The van der Waals surface area contributed by atoms with Gasteiger partial charge in [-0.05, 0) is 24.1 Å². The average molecular weight is 351 g/mol. The van der Waals surface area contributed by atoms with E-state index in [-0.39, 0.29) is 23.7 Å². The number of anilines is 1. The van der Waals surface area contributed by atoms with Crippen LogP contribution in [0.3, 0.4) is 0 Å². The molecule has 3 N–H and O–H groups in total. The number of halogens is 1. The van der Waals surface area contributed by atoms with E-state index in [4.69, 9.17) is 5.11 Å². The molecule has 0 saturated heterocycles. The maximum Gasteiger partial charge on any atom is 0.337 e. The Kier molecular flexibility index (Phi) is 5.33. The first-order chi connectivity index (χ1) is 8.71. The Morgan fingerprint density at radius 1 is 1.42 bits per heavy atom. The summed E-state index contributed by atoms with van der Waals surface area (Å²) in [5.41, 5.74) is -0.101. The molecule has 1 aromatic rings. The van der Waals surface area contributed by atoms with Crippen LogP contribution in [0.15, 0.2) is 22.7 Å². The second-order valence-electron chi connectivity index (χ2n) is 4.34. The average Bonchev–Trinajstić information content (AvgIpc) is 2.28. The van der Waals surface area contributed by atoms with Gasteiger partial charge in [0.25, 0.3) is 10.2 Å². The van der Waals surface area contributed by atoms with Crippen LogP contribution in [0.4, 0.5) is 5.69 Å². The number of aromatic carboxylic acids is 1. The molecule has 0 fully saturated rings. The van der Waals surface area contributed by atoms with Crippen molar-refractivity contribution in [1.82, 2.24) is 4.72 Å². The largest absolute Gasteiger partial charge is 0.478 e. The van der Waals surface area contributed by atoms with Gasteiger partial charge in [0.15, 0.2) is 0 Å². The van der Waals surface area contributed by atoms with E-state index in [0.29, 0.717) is 4.47 Å². The van der Waals surface area contributed by atoms with Gasteiger partial charge >= 0.3 is 5.97 Å². The van der Waals surface area contributed by atoms with Crippen LogP contribution in [0.2, 0.25) is 0 Å². The molecule has 0 saturated carbocycles. The molecule has 106 valence electrons. The van der Waals surface area contributed by atoms with E-state index in [1.807, 2.05) is 13.8 Å². The standard InChI is InChI=1S/C11H15BrN2O4S/c1-7(2)6-13-19(17,18)14-10-4-3-8(12)5-9(10)11(15)16/h3-5,7,13-14H,6H2,1-2H3,(H,15,16). The van der Waals surface area contributed by atoms with Gasteiger partial charge in [-0.1, -0.05) is 29.8 Å². The zero-order valence-electron chi connectivity index (χ0n) is 10.5. The van der Waals surface area contributed by atoms with Crippen LogP contribution in [0.25, 0.3) is 0 Å². The Morgan fingerprint density at radius 2 is 2.05 bits per heavy atom. The molecule has 0 atom stereocenters. The molecule has 6 nitrogen and oxygen atoms in total. The second-order valence-corrected chi connectivity index (χ2v) is 6.76. The Balaban J connectivity index is 2.96. The zero-order chi connectivity index (χ0) is 14.6. The molecule has 0 spiro atoms. The SMILES string of the molecule is CC(C)CNS(=O)(=O)Nc1ccc(Br)cc1C(=O)O. The molecular weight excluding hydrogens is 336 g/mol. The molecule has 0 aliphatic carbocycles. The minimum absolute atomic E-state index is 0.0203. The van der Waals surface area contributed by atoms with Crippen molar-refractivity contribution >= 4 is 37.8 Å². The van der Waals surface area contributed by atoms with E-state index in [2.05, 4.69) is 25.4 Å². The van der Waals surface area contributed by atoms with Crippen molar-refractivity contribution in [2.24, 2.45) is 5.92 Å². The van der Waals surface area contributed by atoms with E-state index < -0.39 is 16.2 Å². The fourth-order valence-corrected chi connectivity index (χ4v) is 2.69. The summed E-state index contributed by atoms with van der Waals surface area (Å²) in [6.07, 6.45) is 0. The van der Waals surface area contributed by atoms with Crippen molar-refractivity contribution in [3.63, 3.8) is 0 Å². The summed E-state index contributed by atoms with van der Waals surface area (Å²) in [5, 5.41) is 9.03. The molecule has 0 unspecified atom stereocenters. The van der Waals surface area contributed by atoms with E-state index in [1.165, 1.54) is 12.1 Å². The normalized spacial score (nSPS) is 11.6. The fourth-order valence-electron chi connectivity index (χ4n) is 1.24. The molecule has 8 heteroatoms. The summed E-state index contributed by atoms with van der Waals surface area (Å²) < 4.78 is 28.6. The lowest BCUT2D eigenvalue weighted by molar-refractivity contribution is 0.0698. The van der Waals surface area contributed by atoms with Gasteiger partial charge in [-0.25, -0.2) is 4.79 Å². The summed E-state index contributed by atoms with van der Waals surface area (Å²) >= 11 is 3.14. The summed E-state index contributed by atoms with van der Waals surface area (Å²) in [4.78, 5) is 11.0. The number of hydrogen-bond acceptors (Lipinski definition) is 3. The van der Waals surface area contributed by atoms with Crippen molar-refractivity contribution in [3.8, 4) is 0 Å². The smallest absolute Gasteiger partial charge is 0.337 e. The molecule has 0 heterocycles. The van der Waals surface area contributed by atoms with Crippen molar-refractivity contribution in [3.05, 3.63) is 28.2 Å². The number of carbonyl (C=O) groups is 1. The van der Waals surface area contributed by atoms with Crippen LogP contribution < -0.4 is 9.44 Å². The minimum atomic E-state index is -3.78. The Hall–Kier alpha value is -1.12. The van der Waals surface area contributed by atoms with Crippen molar-refractivity contribution in [2.45, 2.75) is 13.8 Å². The fraction of sp³-hybridized carbons (Fsp3) is 0.364. The van der Waals surface area contributed by atoms with Crippen molar-refractivity contribution in [2.75, 3.05) is 11.3 Å². The second kappa shape index (κ2) is 6.36. The first-order valence-corrected chi connectivity index (χ1v) is 7.79. The van der Waals surface area contributed by atoms with Gasteiger partial charge in [0, 0.05) is 11.0 Å². The van der Waals surface area contributed by atoms with Crippen LogP contribution in [0.5, 0.6) is 0 Å². The molecule has 0 amide bonds. The van der Waals surface area contributed by atoms with E-state index >= 15 is 0 Å². The van der Waals surface area contributed by atoms with Crippen LogP contribution in [0.1, 0.15) is 24.2 Å². The number of rotatable bonds is 6. The number of nitrogens with one attached hydrogen (secondary N) is 2. The van der Waals surface area contributed by atoms with Gasteiger partial charge in [-0.3, -0.25) is 4.72 Å². The summed E-state index contributed by atoms with van der Waals surface area (Å²) in [7, 11) is -3.78. The Morgan fingerprint density at radius 3 is 2.58 bits per heavy atom. The summed E-state index contributed by atoms with van der Waals surface area (Å²) in [6, 6.07) is 4.29. The molecule has 0 bridgehead atoms. The third kappa shape index (κ3) is 5.17. The highest BCUT2D eigenvalue weighted by Crippen LogP contribution is 2.21. The molecule has 19 heavy (non-hydrogen) atoms. The first-order valence-electron chi connectivity index (χ1n) is 5.51.